The van der Waals surface area contributed by atoms with Gasteiger partial charge in [-0.25, -0.2) is 0 Å². The van der Waals surface area contributed by atoms with Gasteiger partial charge in [-0.15, -0.1) is 0 Å². The summed E-state index contributed by atoms with van der Waals surface area (Å²) >= 11 is 6.12. The van der Waals surface area contributed by atoms with Gasteiger partial charge in [0.1, 0.15) is 5.75 Å². The molecule has 26 heavy (non-hydrogen) atoms. The SMILES string of the molecule is CCOc1cccc(CN2CCCN(C(=O)c3ccncc3Cl)CC2)c1. The van der Waals surface area contributed by atoms with Crippen LogP contribution in [0.4, 0.5) is 0 Å². The van der Waals surface area contributed by atoms with E-state index in [-0.39, 0.29) is 5.91 Å². The molecule has 0 N–H and O–H groups in total. The van der Waals surface area contributed by atoms with Gasteiger partial charge in [-0.1, -0.05) is 23.7 Å². The second kappa shape index (κ2) is 9.01. The van der Waals surface area contributed by atoms with Gasteiger partial charge in [-0.2, -0.15) is 0 Å². The van der Waals surface area contributed by atoms with E-state index >= 15 is 0 Å². The summed E-state index contributed by atoms with van der Waals surface area (Å²) in [5, 5.41) is 0.409. The molecular weight excluding hydrogens is 350 g/mol. The van der Waals surface area contributed by atoms with E-state index in [1.807, 2.05) is 24.0 Å². The first-order valence-corrected chi connectivity index (χ1v) is 9.38. The molecule has 2 aromatic rings. The smallest absolute Gasteiger partial charge is 0.255 e. The highest BCUT2D eigenvalue weighted by Gasteiger charge is 2.22. The molecule has 0 radical (unpaired) electrons. The van der Waals surface area contributed by atoms with Crippen LogP contribution in [0.2, 0.25) is 5.02 Å². The summed E-state index contributed by atoms with van der Waals surface area (Å²) in [6.07, 6.45) is 4.07. The van der Waals surface area contributed by atoms with Crippen molar-refractivity contribution < 1.29 is 9.53 Å². The van der Waals surface area contributed by atoms with E-state index in [2.05, 4.69) is 22.0 Å². The molecule has 1 amide bonds. The summed E-state index contributed by atoms with van der Waals surface area (Å²) in [4.78, 5) is 21.0. The topological polar surface area (TPSA) is 45.7 Å². The first-order valence-electron chi connectivity index (χ1n) is 9.00. The van der Waals surface area contributed by atoms with Crippen molar-refractivity contribution in [2.75, 3.05) is 32.8 Å². The lowest BCUT2D eigenvalue weighted by atomic mass is 10.2. The van der Waals surface area contributed by atoms with Crippen LogP contribution in [0.1, 0.15) is 29.3 Å². The number of hydrogen-bond acceptors (Lipinski definition) is 4. The molecule has 0 atom stereocenters. The number of rotatable bonds is 5. The van der Waals surface area contributed by atoms with Crippen molar-refractivity contribution in [3.8, 4) is 5.75 Å². The van der Waals surface area contributed by atoms with Crippen molar-refractivity contribution in [2.24, 2.45) is 0 Å². The molecule has 0 spiro atoms. The third-order valence-corrected chi connectivity index (χ3v) is 4.80. The predicted octanol–water partition coefficient (Wildman–Crippen LogP) is 3.48. The highest BCUT2D eigenvalue weighted by Crippen LogP contribution is 2.19. The summed E-state index contributed by atoms with van der Waals surface area (Å²) in [7, 11) is 0. The van der Waals surface area contributed by atoms with Crippen molar-refractivity contribution in [1.29, 1.82) is 0 Å². The van der Waals surface area contributed by atoms with Crippen LogP contribution in [-0.4, -0.2) is 53.5 Å². The van der Waals surface area contributed by atoms with E-state index in [9.17, 15) is 4.79 Å². The number of nitrogens with zero attached hydrogens (tertiary/aromatic N) is 3. The molecular formula is C20H24ClN3O2. The zero-order valence-corrected chi connectivity index (χ0v) is 15.8. The standard InChI is InChI=1S/C20H24ClN3O2/c1-2-26-17-6-3-5-16(13-17)15-23-9-4-10-24(12-11-23)20(25)18-7-8-22-14-19(18)21/h3,5-8,13-14H,2,4,9-12,15H2,1H3. The maximum absolute atomic E-state index is 12.7. The maximum Gasteiger partial charge on any atom is 0.255 e. The van der Waals surface area contributed by atoms with Crippen LogP contribution in [-0.2, 0) is 6.54 Å². The van der Waals surface area contributed by atoms with Gasteiger partial charge in [-0.05, 0) is 37.1 Å². The average Bonchev–Trinajstić information content (AvgIpc) is 2.88. The molecule has 3 rings (SSSR count). The molecule has 1 aliphatic heterocycles. The molecule has 1 aromatic heterocycles. The van der Waals surface area contributed by atoms with Gasteiger partial charge in [0, 0.05) is 45.1 Å². The number of benzene rings is 1. The Morgan fingerprint density at radius 3 is 2.92 bits per heavy atom. The Hall–Kier alpha value is -2.11. The second-order valence-electron chi connectivity index (χ2n) is 6.36. The van der Waals surface area contributed by atoms with Crippen LogP contribution in [0.25, 0.3) is 0 Å². The molecule has 5 nitrogen and oxygen atoms in total. The maximum atomic E-state index is 12.7. The highest BCUT2D eigenvalue weighted by atomic mass is 35.5. The lowest BCUT2D eigenvalue weighted by Crippen LogP contribution is -2.35. The number of pyridine rings is 1. The van der Waals surface area contributed by atoms with E-state index in [0.29, 0.717) is 23.7 Å². The van der Waals surface area contributed by atoms with Crippen LogP contribution >= 0.6 is 11.6 Å². The summed E-state index contributed by atoms with van der Waals surface area (Å²) in [6.45, 7) is 6.76. The van der Waals surface area contributed by atoms with E-state index < -0.39 is 0 Å². The molecule has 138 valence electrons. The van der Waals surface area contributed by atoms with E-state index in [0.717, 1.165) is 38.3 Å². The predicted molar refractivity (Wildman–Crippen MR) is 103 cm³/mol. The van der Waals surface area contributed by atoms with Crippen molar-refractivity contribution in [1.82, 2.24) is 14.8 Å². The number of halogens is 1. The van der Waals surface area contributed by atoms with E-state index in [1.54, 1.807) is 12.3 Å². The number of ether oxygens (including phenoxy) is 1. The molecule has 1 saturated heterocycles. The number of amides is 1. The Balaban J connectivity index is 1.61. The summed E-state index contributed by atoms with van der Waals surface area (Å²) < 4.78 is 5.58. The minimum Gasteiger partial charge on any atom is -0.494 e. The Labute approximate surface area is 159 Å². The molecule has 0 aliphatic carbocycles. The second-order valence-corrected chi connectivity index (χ2v) is 6.77. The number of carbonyl (C=O) groups is 1. The summed E-state index contributed by atoms with van der Waals surface area (Å²) in [5.74, 6) is 0.890. The Morgan fingerprint density at radius 1 is 1.23 bits per heavy atom. The molecule has 0 saturated carbocycles. The summed E-state index contributed by atoms with van der Waals surface area (Å²) in [6, 6.07) is 9.90. The Kier molecular flexibility index (Phi) is 6.47. The van der Waals surface area contributed by atoms with E-state index in [1.165, 1.54) is 11.8 Å². The Bertz CT molecular complexity index is 753. The van der Waals surface area contributed by atoms with Gasteiger partial charge < -0.3 is 9.64 Å². The molecule has 6 heteroatoms. The van der Waals surface area contributed by atoms with Crippen LogP contribution in [0.3, 0.4) is 0 Å². The fourth-order valence-corrected chi connectivity index (χ4v) is 3.41. The van der Waals surface area contributed by atoms with Crippen molar-refractivity contribution in [2.45, 2.75) is 19.9 Å². The van der Waals surface area contributed by atoms with Crippen molar-refractivity contribution in [3.05, 3.63) is 58.9 Å². The lowest BCUT2D eigenvalue weighted by molar-refractivity contribution is 0.0761. The molecule has 1 fully saturated rings. The molecule has 1 aromatic carbocycles. The van der Waals surface area contributed by atoms with Gasteiger partial charge in [0.05, 0.1) is 17.2 Å². The zero-order valence-electron chi connectivity index (χ0n) is 15.0. The third kappa shape index (κ3) is 4.74. The van der Waals surface area contributed by atoms with Gasteiger partial charge in [0.25, 0.3) is 5.91 Å². The van der Waals surface area contributed by atoms with Crippen LogP contribution in [0, 0.1) is 0 Å². The van der Waals surface area contributed by atoms with Crippen molar-refractivity contribution >= 4 is 17.5 Å². The fraction of sp³-hybridized carbons (Fsp3) is 0.400. The lowest BCUT2D eigenvalue weighted by Gasteiger charge is -2.22. The highest BCUT2D eigenvalue weighted by molar-refractivity contribution is 6.33. The quantitative estimate of drug-likeness (QED) is 0.805. The molecule has 0 unspecified atom stereocenters. The normalized spacial score (nSPS) is 15.5. The first-order chi connectivity index (χ1) is 12.7. The van der Waals surface area contributed by atoms with Crippen LogP contribution < -0.4 is 4.74 Å². The van der Waals surface area contributed by atoms with Crippen LogP contribution in [0.15, 0.2) is 42.7 Å². The summed E-state index contributed by atoms with van der Waals surface area (Å²) in [5.41, 5.74) is 1.76. The largest absolute Gasteiger partial charge is 0.494 e. The minimum atomic E-state index is -0.0161. The number of aromatic nitrogens is 1. The molecule has 1 aliphatic rings. The average molecular weight is 374 g/mol. The molecule has 0 bridgehead atoms. The molecule has 2 heterocycles. The number of carbonyl (C=O) groups excluding carboxylic acids is 1. The van der Waals surface area contributed by atoms with E-state index in [4.69, 9.17) is 16.3 Å². The third-order valence-electron chi connectivity index (χ3n) is 4.49. The minimum absolute atomic E-state index is 0.0161. The fourth-order valence-electron chi connectivity index (χ4n) is 3.21. The first kappa shape index (κ1) is 18.7. The monoisotopic (exact) mass is 373 g/mol. The van der Waals surface area contributed by atoms with Gasteiger partial charge in [-0.3, -0.25) is 14.7 Å². The van der Waals surface area contributed by atoms with Crippen molar-refractivity contribution in [3.63, 3.8) is 0 Å². The van der Waals surface area contributed by atoms with Gasteiger partial charge in [0.2, 0.25) is 0 Å². The number of hydrogen-bond donors (Lipinski definition) is 0. The Morgan fingerprint density at radius 2 is 2.12 bits per heavy atom. The van der Waals surface area contributed by atoms with Crippen LogP contribution in [0.5, 0.6) is 5.75 Å². The van der Waals surface area contributed by atoms with Gasteiger partial charge in [0.15, 0.2) is 0 Å². The van der Waals surface area contributed by atoms with Gasteiger partial charge >= 0.3 is 0 Å². The zero-order chi connectivity index (χ0) is 18.4.